The van der Waals surface area contributed by atoms with Crippen molar-refractivity contribution in [2.75, 3.05) is 6.54 Å². The second kappa shape index (κ2) is 6.83. The normalized spacial score (nSPS) is 12.4. The van der Waals surface area contributed by atoms with E-state index in [0.29, 0.717) is 10.0 Å². The van der Waals surface area contributed by atoms with Gasteiger partial charge in [0.25, 0.3) is 0 Å². The number of hydrogen-bond donors (Lipinski definition) is 1. The first-order valence-electron chi connectivity index (χ1n) is 6.48. The van der Waals surface area contributed by atoms with Gasteiger partial charge in [0.2, 0.25) is 0 Å². The molecule has 0 aliphatic heterocycles. The molecule has 0 radical (unpaired) electrons. The summed E-state index contributed by atoms with van der Waals surface area (Å²) in [6, 6.07) is 11.3. The van der Waals surface area contributed by atoms with Crippen LogP contribution in [0.2, 0.25) is 0 Å². The summed E-state index contributed by atoms with van der Waals surface area (Å²) < 4.78 is 15.9. The van der Waals surface area contributed by atoms with Crippen LogP contribution in [0, 0.1) is 12.7 Å². The van der Waals surface area contributed by atoms with Crippen molar-refractivity contribution in [3.63, 3.8) is 0 Å². The van der Waals surface area contributed by atoms with E-state index in [9.17, 15) is 4.39 Å². The van der Waals surface area contributed by atoms with Crippen molar-refractivity contribution in [2.24, 2.45) is 0 Å². The molecular weight excluding hydrogens is 385 g/mol. The van der Waals surface area contributed by atoms with E-state index >= 15 is 0 Å². The van der Waals surface area contributed by atoms with Gasteiger partial charge in [0.15, 0.2) is 0 Å². The second-order valence-electron chi connectivity index (χ2n) is 4.61. The van der Waals surface area contributed by atoms with Crippen LogP contribution in [-0.4, -0.2) is 6.54 Å². The average Bonchev–Trinajstić information content (AvgIpc) is 2.43. The summed E-state index contributed by atoms with van der Waals surface area (Å²) in [4.78, 5) is 0. The Balaban J connectivity index is 2.56. The van der Waals surface area contributed by atoms with Crippen LogP contribution in [0.5, 0.6) is 0 Å². The summed E-state index contributed by atoms with van der Waals surface area (Å²) in [5.41, 5.74) is 2.83. The molecule has 2 aromatic rings. The molecule has 1 unspecified atom stereocenters. The Kier molecular flexibility index (Phi) is 5.35. The number of aryl methyl sites for hydroxylation is 1. The Labute approximate surface area is 135 Å². The molecule has 0 aliphatic carbocycles. The number of hydrogen-bond acceptors (Lipinski definition) is 1. The van der Waals surface area contributed by atoms with Gasteiger partial charge >= 0.3 is 0 Å². The monoisotopic (exact) mass is 399 g/mol. The minimum atomic E-state index is -0.216. The summed E-state index contributed by atoms with van der Waals surface area (Å²) in [7, 11) is 0. The number of nitrogens with one attached hydrogen (secondary N) is 1. The third kappa shape index (κ3) is 3.13. The molecule has 2 aromatic carbocycles. The molecule has 0 bridgehead atoms. The maximum atomic E-state index is 14.4. The Hall–Kier alpha value is -0.710. The van der Waals surface area contributed by atoms with Gasteiger partial charge in [0.05, 0.1) is 10.5 Å². The maximum absolute atomic E-state index is 14.4. The molecule has 0 heterocycles. The van der Waals surface area contributed by atoms with Crippen LogP contribution in [0.25, 0.3) is 0 Å². The van der Waals surface area contributed by atoms with Gasteiger partial charge in [-0.15, -0.1) is 0 Å². The fraction of sp³-hybridized carbons (Fsp3) is 0.250. The zero-order chi connectivity index (χ0) is 14.7. The second-order valence-corrected chi connectivity index (χ2v) is 6.26. The number of benzene rings is 2. The highest BCUT2D eigenvalue weighted by molar-refractivity contribution is 9.10. The number of rotatable bonds is 4. The molecular formula is C16H16Br2FN. The SMILES string of the molecule is CCNC(c1cccc(Br)c1F)c1cccc(C)c1Br. The molecule has 2 rings (SSSR count). The minimum Gasteiger partial charge on any atom is -0.306 e. The lowest BCUT2D eigenvalue weighted by atomic mass is 9.97. The van der Waals surface area contributed by atoms with Crippen molar-refractivity contribution >= 4 is 31.9 Å². The summed E-state index contributed by atoms with van der Waals surface area (Å²) >= 11 is 6.87. The Bertz CT molecular complexity index is 562. The summed E-state index contributed by atoms with van der Waals surface area (Å²) in [6.07, 6.45) is 0. The van der Waals surface area contributed by atoms with E-state index in [-0.39, 0.29) is 11.9 Å². The minimum absolute atomic E-state index is 0.174. The lowest BCUT2D eigenvalue weighted by molar-refractivity contribution is 0.554. The van der Waals surface area contributed by atoms with Crippen molar-refractivity contribution in [2.45, 2.75) is 19.9 Å². The topological polar surface area (TPSA) is 12.0 Å². The van der Waals surface area contributed by atoms with Gasteiger partial charge in [-0.1, -0.05) is 53.2 Å². The highest BCUT2D eigenvalue weighted by Crippen LogP contribution is 2.33. The van der Waals surface area contributed by atoms with E-state index in [1.54, 1.807) is 6.07 Å². The van der Waals surface area contributed by atoms with E-state index in [1.165, 1.54) is 0 Å². The van der Waals surface area contributed by atoms with Crippen LogP contribution in [0.4, 0.5) is 4.39 Å². The fourth-order valence-corrected chi connectivity index (χ4v) is 3.10. The first-order valence-corrected chi connectivity index (χ1v) is 8.07. The van der Waals surface area contributed by atoms with E-state index in [1.807, 2.05) is 44.2 Å². The predicted molar refractivity (Wildman–Crippen MR) is 88.5 cm³/mol. The zero-order valence-corrected chi connectivity index (χ0v) is 14.6. The molecule has 0 saturated heterocycles. The van der Waals surface area contributed by atoms with Crippen LogP contribution < -0.4 is 5.32 Å². The summed E-state index contributed by atoms with van der Waals surface area (Å²) in [6.45, 7) is 4.82. The van der Waals surface area contributed by atoms with Gasteiger partial charge in [-0.05, 0) is 46.6 Å². The molecule has 0 aromatic heterocycles. The van der Waals surface area contributed by atoms with Crippen LogP contribution in [-0.2, 0) is 0 Å². The van der Waals surface area contributed by atoms with Gasteiger partial charge < -0.3 is 5.32 Å². The van der Waals surface area contributed by atoms with Crippen molar-refractivity contribution in [1.82, 2.24) is 5.32 Å². The first-order chi connectivity index (χ1) is 9.56. The quantitative estimate of drug-likeness (QED) is 0.728. The third-order valence-electron chi connectivity index (χ3n) is 3.23. The van der Waals surface area contributed by atoms with Crippen LogP contribution in [0.15, 0.2) is 45.3 Å². The third-order valence-corrected chi connectivity index (χ3v) is 4.93. The summed E-state index contributed by atoms with van der Waals surface area (Å²) in [5, 5.41) is 3.36. The molecule has 0 spiro atoms. The Morgan fingerprint density at radius 3 is 2.45 bits per heavy atom. The molecule has 1 N–H and O–H groups in total. The molecule has 0 saturated carbocycles. The van der Waals surface area contributed by atoms with Crippen molar-refractivity contribution in [3.8, 4) is 0 Å². The molecule has 1 atom stereocenters. The standard InChI is InChI=1S/C16H16Br2FN/c1-3-20-16(11-7-4-6-10(2)14(11)18)12-8-5-9-13(17)15(12)19/h4-9,16,20H,3H2,1-2H3. The molecule has 0 amide bonds. The van der Waals surface area contributed by atoms with Crippen molar-refractivity contribution in [1.29, 1.82) is 0 Å². The smallest absolute Gasteiger partial charge is 0.142 e. The van der Waals surface area contributed by atoms with Crippen molar-refractivity contribution in [3.05, 3.63) is 67.9 Å². The maximum Gasteiger partial charge on any atom is 0.142 e. The Morgan fingerprint density at radius 1 is 1.10 bits per heavy atom. The van der Waals surface area contributed by atoms with Crippen LogP contribution in [0.3, 0.4) is 0 Å². The molecule has 20 heavy (non-hydrogen) atoms. The lowest BCUT2D eigenvalue weighted by Gasteiger charge is -2.22. The molecule has 0 fully saturated rings. The van der Waals surface area contributed by atoms with Gasteiger partial charge in [-0.25, -0.2) is 4.39 Å². The highest BCUT2D eigenvalue weighted by Gasteiger charge is 2.20. The van der Waals surface area contributed by atoms with E-state index in [4.69, 9.17) is 0 Å². The molecule has 106 valence electrons. The first kappa shape index (κ1) is 15.7. The molecule has 4 heteroatoms. The van der Waals surface area contributed by atoms with E-state index in [2.05, 4.69) is 37.2 Å². The fourth-order valence-electron chi connectivity index (χ4n) is 2.23. The predicted octanol–water partition coefficient (Wildman–Crippen LogP) is 5.36. The van der Waals surface area contributed by atoms with Gasteiger partial charge in [-0.3, -0.25) is 0 Å². The van der Waals surface area contributed by atoms with Crippen LogP contribution in [0.1, 0.15) is 29.7 Å². The molecule has 0 aliphatic rings. The van der Waals surface area contributed by atoms with Gasteiger partial charge in [0.1, 0.15) is 5.82 Å². The molecule has 1 nitrogen and oxygen atoms in total. The highest BCUT2D eigenvalue weighted by atomic mass is 79.9. The zero-order valence-electron chi connectivity index (χ0n) is 11.4. The largest absolute Gasteiger partial charge is 0.306 e. The van der Waals surface area contributed by atoms with E-state index < -0.39 is 0 Å². The van der Waals surface area contributed by atoms with E-state index in [0.717, 1.165) is 22.1 Å². The number of halogens is 3. The van der Waals surface area contributed by atoms with Crippen molar-refractivity contribution < 1.29 is 4.39 Å². The Morgan fingerprint density at radius 2 is 1.75 bits per heavy atom. The average molecular weight is 401 g/mol. The van der Waals surface area contributed by atoms with Crippen LogP contribution >= 0.6 is 31.9 Å². The van der Waals surface area contributed by atoms with Gasteiger partial charge in [0, 0.05) is 10.0 Å². The van der Waals surface area contributed by atoms with Gasteiger partial charge in [-0.2, -0.15) is 0 Å². The lowest BCUT2D eigenvalue weighted by Crippen LogP contribution is -2.23. The summed E-state index contributed by atoms with van der Waals surface area (Å²) in [5.74, 6) is -0.216.